The monoisotopic (exact) mass is 391 g/mol. The summed E-state index contributed by atoms with van der Waals surface area (Å²) in [4.78, 5) is 25.7. The van der Waals surface area contributed by atoms with Gasteiger partial charge < -0.3 is 10.5 Å². The summed E-state index contributed by atoms with van der Waals surface area (Å²) in [5.41, 5.74) is 8.07. The molecule has 28 heavy (non-hydrogen) atoms. The Morgan fingerprint density at radius 1 is 1.14 bits per heavy atom. The number of nitrogens with two attached hydrogens (primary N) is 1. The van der Waals surface area contributed by atoms with Crippen LogP contribution >= 0.6 is 11.3 Å². The minimum Gasteiger partial charge on any atom is -0.461 e. The molecule has 0 unspecified atom stereocenters. The molecule has 0 fully saturated rings. The highest BCUT2D eigenvalue weighted by atomic mass is 32.1. The van der Waals surface area contributed by atoms with Crippen molar-refractivity contribution in [2.75, 3.05) is 12.3 Å². The molecular weight excluding hydrogens is 374 g/mol. The first-order valence-corrected chi connectivity index (χ1v) is 9.61. The predicted molar refractivity (Wildman–Crippen MR) is 111 cm³/mol. The van der Waals surface area contributed by atoms with Crippen molar-refractivity contribution in [2.24, 2.45) is 0 Å². The second-order valence-corrected chi connectivity index (χ2v) is 6.97. The van der Waals surface area contributed by atoms with Crippen LogP contribution in [-0.2, 0) is 4.74 Å². The number of fused-ring (bicyclic) bond motifs is 1. The average Bonchev–Trinajstić information content (AvgIpc) is 3.11. The number of nitrogens with zero attached hydrogens (tertiary/aromatic N) is 2. The molecule has 0 aliphatic heterocycles. The summed E-state index contributed by atoms with van der Waals surface area (Å²) in [6.45, 7) is 1.93. The Morgan fingerprint density at radius 3 is 2.61 bits per heavy atom. The van der Waals surface area contributed by atoms with Crippen molar-refractivity contribution in [3.05, 3.63) is 76.0 Å². The number of carbonyl (C=O) groups is 1. The fourth-order valence-corrected chi connectivity index (χ4v) is 3.90. The van der Waals surface area contributed by atoms with Crippen LogP contribution < -0.4 is 11.3 Å². The Balaban J connectivity index is 2.04. The van der Waals surface area contributed by atoms with Crippen molar-refractivity contribution >= 4 is 33.1 Å². The SMILES string of the molecule is CCOC(=O)c1nn(-c2ccccc2-c2ccccc2)c(=O)c2c(N)scc12. The number of benzene rings is 2. The number of carbonyl (C=O) groups excluding carboxylic acids is 1. The van der Waals surface area contributed by atoms with Crippen molar-refractivity contribution in [1.82, 2.24) is 9.78 Å². The molecule has 4 rings (SSSR count). The summed E-state index contributed by atoms with van der Waals surface area (Å²) in [6, 6.07) is 17.1. The van der Waals surface area contributed by atoms with E-state index < -0.39 is 5.97 Å². The van der Waals surface area contributed by atoms with Crippen molar-refractivity contribution in [3.63, 3.8) is 0 Å². The van der Waals surface area contributed by atoms with E-state index >= 15 is 0 Å². The maximum absolute atomic E-state index is 13.2. The molecule has 0 saturated heterocycles. The molecule has 2 heterocycles. The normalized spacial score (nSPS) is 10.9. The Morgan fingerprint density at radius 2 is 1.86 bits per heavy atom. The quantitative estimate of drug-likeness (QED) is 0.534. The van der Waals surface area contributed by atoms with Crippen LogP contribution in [0.4, 0.5) is 5.00 Å². The second kappa shape index (κ2) is 7.28. The number of anilines is 1. The Hall–Kier alpha value is -3.45. The zero-order valence-corrected chi connectivity index (χ0v) is 15.9. The summed E-state index contributed by atoms with van der Waals surface area (Å²) >= 11 is 1.20. The van der Waals surface area contributed by atoms with Crippen molar-refractivity contribution in [2.45, 2.75) is 6.92 Å². The average molecular weight is 391 g/mol. The van der Waals surface area contributed by atoms with Crippen LogP contribution in [0.5, 0.6) is 0 Å². The molecule has 140 valence electrons. The summed E-state index contributed by atoms with van der Waals surface area (Å²) in [5.74, 6) is -0.587. The van der Waals surface area contributed by atoms with Gasteiger partial charge in [0.1, 0.15) is 0 Å². The molecule has 0 bridgehead atoms. The number of aromatic nitrogens is 2. The molecule has 7 heteroatoms. The number of esters is 1. The summed E-state index contributed by atoms with van der Waals surface area (Å²) in [5, 5.41) is 7.08. The molecule has 2 aromatic heterocycles. The first-order chi connectivity index (χ1) is 13.6. The van der Waals surface area contributed by atoms with Crippen LogP contribution in [0.1, 0.15) is 17.4 Å². The summed E-state index contributed by atoms with van der Waals surface area (Å²) in [7, 11) is 0. The first kappa shape index (κ1) is 17.9. The largest absolute Gasteiger partial charge is 0.461 e. The topological polar surface area (TPSA) is 87.2 Å². The van der Waals surface area contributed by atoms with E-state index in [1.807, 2.05) is 48.5 Å². The second-order valence-electron chi connectivity index (χ2n) is 6.06. The Labute approximate surface area is 164 Å². The van der Waals surface area contributed by atoms with E-state index in [1.54, 1.807) is 18.4 Å². The lowest BCUT2D eigenvalue weighted by atomic mass is 10.0. The summed E-state index contributed by atoms with van der Waals surface area (Å²) < 4.78 is 6.37. The van der Waals surface area contributed by atoms with Crippen LogP contribution in [-0.4, -0.2) is 22.4 Å². The molecule has 4 aromatic rings. The molecule has 2 N–H and O–H groups in total. The van der Waals surface area contributed by atoms with E-state index in [1.165, 1.54) is 16.0 Å². The van der Waals surface area contributed by atoms with Gasteiger partial charge in [0, 0.05) is 16.3 Å². The standard InChI is InChI=1S/C21H17N3O3S/c1-2-27-21(26)18-15-12-28-19(22)17(15)20(25)24(23-18)16-11-7-6-10-14(16)13-8-4-3-5-9-13/h3-12H,2,22H2,1H3. The van der Waals surface area contributed by atoms with E-state index in [-0.39, 0.29) is 23.2 Å². The van der Waals surface area contributed by atoms with Crippen LogP contribution in [0.15, 0.2) is 64.8 Å². The van der Waals surface area contributed by atoms with Gasteiger partial charge in [-0.05, 0) is 18.6 Å². The third-order valence-corrected chi connectivity index (χ3v) is 5.18. The van der Waals surface area contributed by atoms with Gasteiger partial charge in [0.05, 0.1) is 22.7 Å². The lowest BCUT2D eigenvalue weighted by Gasteiger charge is -2.13. The zero-order valence-electron chi connectivity index (χ0n) is 15.1. The number of nitrogen functional groups attached to an aromatic ring is 1. The van der Waals surface area contributed by atoms with E-state index in [4.69, 9.17) is 10.5 Å². The van der Waals surface area contributed by atoms with Gasteiger partial charge in [-0.25, -0.2) is 4.79 Å². The molecule has 0 amide bonds. The minimum absolute atomic E-state index is 0.0762. The predicted octanol–water partition coefficient (Wildman–Crippen LogP) is 3.87. The molecule has 6 nitrogen and oxygen atoms in total. The maximum Gasteiger partial charge on any atom is 0.359 e. The van der Waals surface area contributed by atoms with Crippen LogP contribution in [0.25, 0.3) is 27.6 Å². The van der Waals surface area contributed by atoms with Crippen LogP contribution in [0.3, 0.4) is 0 Å². The van der Waals surface area contributed by atoms with E-state index in [0.29, 0.717) is 16.1 Å². The number of hydrogen-bond acceptors (Lipinski definition) is 6. The van der Waals surface area contributed by atoms with E-state index in [0.717, 1.165) is 11.1 Å². The molecule has 0 saturated carbocycles. The fraction of sp³-hybridized carbons (Fsp3) is 0.0952. The van der Waals surface area contributed by atoms with Gasteiger partial charge in [-0.2, -0.15) is 9.78 Å². The van der Waals surface area contributed by atoms with Gasteiger partial charge in [-0.3, -0.25) is 4.79 Å². The third kappa shape index (κ3) is 2.95. The number of hydrogen-bond donors (Lipinski definition) is 1. The van der Waals surface area contributed by atoms with Crippen LogP contribution in [0.2, 0.25) is 0 Å². The summed E-state index contributed by atoms with van der Waals surface area (Å²) in [6.07, 6.45) is 0. The lowest BCUT2D eigenvalue weighted by molar-refractivity contribution is 0.0520. The van der Waals surface area contributed by atoms with Gasteiger partial charge in [-0.15, -0.1) is 11.3 Å². The van der Waals surface area contributed by atoms with Gasteiger partial charge in [-0.1, -0.05) is 48.5 Å². The molecule has 0 spiro atoms. The van der Waals surface area contributed by atoms with Gasteiger partial charge in [0.2, 0.25) is 0 Å². The number of ether oxygens (including phenoxy) is 1. The van der Waals surface area contributed by atoms with Crippen LogP contribution in [0, 0.1) is 0 Å². The first-order valence-electron chi connectivity index (χ1n) is 8.73. The van der Waals surface area contributed by atoms with Crippen molar-refractivity contribution < 1.29 is 9.53 Å². The van der Waals surface area contributed by atoms with Crippen molar-refractivity contribution in [3.8, 4) is 16.8 Å². The zero-order chi connectivity index (χ0) is 19.7. The molecule has 0 radical (unpaired) electrons. The number of thiophene rings is 1. The van der Waals surface area contributed by atoms with Gasteiger partial charge >= 0.3 is 5.97 Å². The highest BCUT2D eigenvalue weighted by Crippen LogP contribution is 2.30. The smallest absolute Gasteiger partial charge is 0.359 e. The highest BCUT2D eigenvalue weighted by Gasteiger charge is 2.22. The molecule has 0 atom stereocenters. The van der Waals surface area contributed by atoms with E-state index in [2.05, 4.69) is 5.10 Å². The molecular formula is C21H17N3O3S. The number of para-hydroxylation sites is 1. The number of rotatable bonds is 4. The molecule has 2 aromatic carbocycles. The lowest BCUT2D eigenvalue weighted by Crippen LogP contribution is -2.25. The van der Waals surface area contributed by atoms with Gasteiger partial charge in [0.25, 0.3) is 5.56 Å². The minimum atomic E-state index is -0.587. The van der Waals surface area contributed by atoms with Gasteiger partial charge in [0.15, 0.2) is 5.69 Å². The Bertz CT molecular complexity index is 1230. The van der Waals surface area contributed by atoms with E-state index in [9.17, 15) is 9.59 Å². The fourth-order valence-electron chi connectivity index (χ4n) is 3.11. The molecule has 0 aliphatic carbocycles. The maximum atomic E-state index is 13.2. The highest BCUT2D eigenvalue weighted by molar-refractivity contribution is 7.15. The van der Waals surface area contributed by atoms with Crippen molar-refractivity contribution in [1.29, 1.82) is 0 Å². The Kier molecular flexibility index (Phi) is 4.67. The molecule has 0 aliphatic rings. The third-order valence-electron chi connectivity index (χ3n) is 4.37.